The van der Waals surface area contributed by atoms with Gasteiger partial charge in [0.2, 0.25) is 0 Å². The van der Waals surface area contributed by atoms with Crippen LogP contribution >= 0.6 is 0 Å². The molecule has 1 aromatic heterocycles. The molecule has 1 aliphatic carbocycles. The number of amides is 2. The Labute approximate surface area is 165 Å². The Hall–Kier alpha value is -3.08. The normalized spacial score (nSPS) is 15.5. The zero-order valence-corrected chi connectivity index (χ0v) is 16.5. The van der Waals surface area contributed by atoms with Crippen LogP contribution in [0, 0.1) is 6.92 Å². The zero-order chi connectivity index (χ0) is 19.7. The lowest BCUT2D eigenvalue weighted by Gasteiger charge is -2.17. The average molecular weight is 374 g/mol. The summed E-state index contributed by atoms with van der Waals surface area (Å²) in [6, 6.07) is 16.6. The highest BCUT2D eigenvalue weighted by Gasteiger charge is 2.24. The Morgan fingerprint density at radius 1 is 1.14 bits per heavy atom. The van der Waals surface area contributed by atoms with Gasteiger partial charge < -0.3 is 16.0 Å². The Morgan fingerprint density at radius 2 is 2.00 bits per heavy atom. The Balaban J connectivity index is 1.52. The molecule has 0 spiro atoms. The standard InChI is InChI=1S/C23H26N4O/c1-14(2)24-23(28)25-18-9-11-19-17(13-18)8-12-21(26-19)27-20-10-7-16-6-4-5-15(3)22(16)20/h4-6,8-9,11-14,20H,7,10H2,1-3H3,(H,26,27)(H2,24,25,28). The van der Waals surface area contributed by atoms with Crippen LogP contribution in [0.3, 0.4) is 0 Å². The van der Waals surface area contributed by atoms with Crippen molar-refractivity contribution in [3.05, 3.63) is 65.2 Å². The molecule has 1 atom stereocenters. The summed E-state index contributed by atoms with van der Waals surface area (Å²) in [5, 5.41) is 10.3. The van der Waals surface area contributed by atoms with Crippen molar-refractivity contribution in [3.8, 4) is 0 Å². The van der Waals surface area contributed by atoms with E-state index in [9.17, 15) is 4.79 Å². The maximum absolute atomic E-state index is 11.9. The summed E-state index contributed by atoms with van der Waals surface area (Å²) in [6.07, 6.45) is 2.20. The molecule has 144 valence electrons. The van der Waals surface area contributed by atoms with Gasteiger partial charge in [0, 0.05) is 17.1 Å². The minimum atomic E-state index is -0.198. The van der Waals surface area contributed by atoms with Gasteiger partial charge in [0.05, 0.1) is 11.6 Å². The number of hydrogen-bond donors (Lipinski definition) is 3. The molecule has 0 aliphatic heterocycles. The molecule has 0 saturated carbocycles. The van der Waals surface area contributed by atoms with E-state index in [4.69, 9.17) is 4.98 Å². The summed E-state index contributed by atoms with van der Waals surface area (Å²) in [6.45, 7) is 6.04. The SMILES string of the molecule is Cc1cccc2c1C(Nc1ccc3cc(NC(=O)NC(C)C)ccc3n1)CC2. The van der Waals surface area contributed by atoms with Crippen LogP contribution in [0.5, 0.6) is 0 Å². The lowest BCUT2D eigenvalue weighted by molar-refractivity contribution is 0.250. The average Bonchev–Trinajstić information content (AvgIpc) is 3.05. The van der Waals surface area contributed by atoms with Crippen molar-refractivity contribution in [1.29, 1.82) is 0 Å². The molecule has 5 heteroatoms. The topological polar surface area (TPSA) is 66.0 Å². The first-order valence-corrected chi connectivity index (χ1v) is 9.83. The molecule has 0 saturated heterocycles. The third kappa shape index (κ3) is 3.79. The molecular formula is C23H26N4O. The number of rotatable bonds is 4. The monoisotopic (exact) mass is 374 g/mol. The van der Waals surface area contributed by atoms with Crippen LogP contribution in [0.2, 0.25) is 0 Å². The second-order valence-electron chi connectivity index (χ2n) is 7.74. The molecule has 1 heterocycles. The fourth-order valence-corrected chi connectivity index (χ4v) is 3.94. The predicted molar refractivity (Wildman–Crippen MR) is 115 cm³/mol. The zero-order valence-electron chi connectivity index (χ0n) is 16.5. The van der Waals surface area contributed by atoms with Crippen LogP contribution in [0.15, 0.2) is 48.5 Å². The van der Waals surface area contributed by atoms with E-state index in [0.29, 0.717) is 6.04 Å². The third-order valence-electron chi connectivity index (χ3n) is 5.15. The van der Waals surface area contributed by atoms with Crippen LogP contribution in [0.4, 0.5) is 16.3 Å². The van der Waals surface area contributed by atoms with Crippen molar-refractivity contribution in [3.63, 3.8) is 0 Å². The van der Waals surface area contributed by atoms with Crippen LogP contribution in [0.25, 0.3) is 10.9 Å². The molecule has 3 N–H and O–H groups in total. The number of aromatic nitrogens is 1. The van der Waals surface area contributed by atoms with Crippen molar-refractivity contribution in [2.75, 3.05) is 10.6 Å². The van der Waals surface area contributed by atoms with Crippen molar-refractivity contribution in [2.45, 2.75) is 45.7 Å². The molecule has 5 nitrogen and oxygen atoms in total. The minimum Gasteiger partial charge on any atom is -0.363 e. The van der Waals surface area contributed by atoms with Gasteiger partial charge in [0.25, 0.3) is 0 Å². The van der Waals surface area contributed by atoms with Crippen LogP contribution < -0.4 is 16.0 Å². The summed E-state index contributed by atoms with van der Waals surface area (Å²) in [4.78, 5) is 16.7. The molecule has 2 aromatic carbocycles. The van der Waals surface area contributed by atoms with E-state index < -0.39 is 0 Å². The molecule has 3 aromatic rings. The number of nitrogens with one attached hydrogen (secondary N) is 3. The van der Waals surface area contributed by atoms with E-state index in [2.05, 4.69) is 41.1 Å². The summed E-state index contributed by atoms with van der Waals surface area (Å²) >= 11 is 0. The summed E-state index contributed by atoms with van der Waals surface area (Å²) < 4.78 is 0. The number of nitrogens with zero attached hydrogens (tertiary/aromatic N) is 1. The van der Waals surface area contributed by atoms with Gasteiger partial charge in [-0.1, -0.05) is 18.2 Å². The van der Waals surface area contributed by atoms with Crippen molar-refractivity contribution in [2.24, 2.45) is 0 Å². The van der Waals surface area contributed by atoms with E-state index >= 15 is 0 Å². The van der Waals surface area contributed by atoms with E-state index in [-0.39, 0.29) is 12.1 Å². The lowest BCUT2D eigenvalue weighted by atomic mass is 10.0. The predicted octanol–water partition coefficient (Wildman–Crippen LogP) is 5.17. The first-order valence-electron chi connectivity index (χ1n) is 9.83. The second kappa shape index (κ2) is 7.50. The van der Waals surface area contributed by atoms with Gasteiger partial charge in [-0.3, -0.25) is 0 Å². The summed E-state index contributed by atoms with van der Waals surface area (Å²) in [5.41, 5.74) is 5.86. The van der Waals surface area contributed by atoms with Gasteiger partial charge in [-0.15, -0.1) is 0 Å². The van der Waals surface area contributed by atoms with Crippen LogP contribution in [-0.4, -0.2) is 17.1 Å². The van der Waals surface area contributed by atoms with Gasteiger partial charge in [-0.05, 0) is 80.6 Å². The van der Waals surface area contributed by atoms with E-state index in [1.54, 1.807) is 0 Å². The van der Waals surface area contributed by atoms with E-state index in [0.717, 1.165) is 35.2 Å². The maximum Gasteiger partial charge on any atom is 0.319 e. The number of hydrogen-bond acceptors (Lipinski definition) is 3. The maximum atomic E-state index is 11.9. The van der Waals surface area contributed by atoms with Crippen molar-refractivity contribution < 1.29 is 4.79 Å². The Bertz CT molecular complexity index is 1030. The Kier molecular flexibility index (Phi) is 4.90. The molecule has 1 aliphatic rings. The highest BCUT2D eigenvalue weighted by Crippen LogP contribution is 2.36. The smallest absolute Gasteiger partial charge is 0.319 e. The fraction of sp³-hybridized carbons (Fsp3) is 0.304. The number of pyridine rings is 1. The molecule has 4 rings (SSSR count). The second-order valence-corrected chi connectivity index (χ2v) is 7.74. The highest BCUT2D eigenvalue weighted by atomic mass is 16.2. The quantitative estimate of drug-likeness (QED) is 0.590. The van der Waals surface area contributed by atoms with E-state index in [1.807, 2.05) is 44.2 Å². The van der Waals surface area contributed by atoms with Crippen molar-refractivity contribution >= 4 is 28.4 Å². The number of benzene rings is 2. The van der Waals surface area contributed by atoms with Crippen LogP contribution in [-0.2, 0) is 6.42 Å². The van der Waals surface area contributed by atoms with Crippen molar-refractivity contribution in [1.82, 2.24) is 10.3 Å². The molecule has 2 amide bonds. The third-order valence-corrected chi connectivity index (χ3v) is 5.15. The molecule has 28 heavy (non-hydrogen) atoms. The van der Waals surface area contributed by atoms with Gasteiger partial charge in [0.15, 0.2) is 0 Å². The molecule has 0 bridgehead atoms. The van der Waals surface area contributed by atoms with Gasteiger partial charge in [-0.25, -0.2) is 9.78 Å². The number of carbonyl (C=O) groups excluding carboxylic acids is 1. The number of urea groups is 1. The first-order chi connectivity index (χ1) is 13.5. The van der Waals surface area contributed by atoms with Gasteiger partial charge in [0.1, 0.15) is 5.82 Å². The van der Waals surface area contributed by atoms with Gasteiger partial charge >= 0.3 is 6.03 Å². The largest absolute Gasteiger partial charge is 0.363 e. The van der Waals surface area contributed by atoms with E-state index in [1.165, 1.54) is 16.7 Å². The highest BCUT2D eigenvalue weighted by molar-refractivity contribution is 5.93. The summed E-state index contributed by atoms with van der Waals surface area (Å²) in [5.74, 6) is 0.881. The van der Waals surface area contributed by atoms with Gasteiger partial charge in [-0.2, -0.15) is 0 Å². The Morgan fingerprint density at radius 3 is 2.82 bits per heavy atom. The lowest BCUT2D eigenvalue weighted by Crippen LogP contribution is -2.34. The number of aryl methyl sites for hydroxylation is 2. The molecule has 0 fully saturated rings. The molecule has 1 unspecified atom stereocenters. The molecule has 0 radical (unpaired) electrons. The first kappa shape index (κ1) is 18.3. The number of fused-ring (bicyclic) bond motifs is 2. The summed E-state index contributed by atoms with van der Waals surface area (Å²) in [7, 11) is 0. The number of carbonyl (C=O) groups is 1. The minimum absolute atomic E-state index is 0.0973. The molecular weight excluding hydrogens is 348 g/mol. The fourth-order valence-electron chi connectivity index (χ4n) is 3.94. The number of anilines is 2. The van der Waals surface area contributed by atoms with Crippen LogP contribution in [0.1, 0.15) is 43.0 Å².